The van der Waals surface area contributed by atoms with Gasteiger partial charge in [-0.15, -0.1) is 0 Å². The largest absolute Gasteiger partial charge is 0.491 e. The number of rotatable bonds is 8. The number of aryl methyl sites for hydroxylation is 2. The van der Waals surface area contributed by atoms with E-state index in [0.717, 1.165) is 10.1 Å². The maximum atomic E-state index is 12.9. The van der Waals surface area contributed by atoms with Crippen molar-refractivity contribution < 1.29 is 9.84 Å². The highest BCUT2D eigenvalue weighted by molar-refractivity contribution is 5.74. The topological polar surface area (TPSA) is 94.5 Å². The zero-order chi connectivity index (χ0) is 22.0. The predicted molar refractivity (Wildman–Crippen MR) is 116 cm³/mol. The number of hydrogen-bond acceptors (Lipinski definition) is 6. The Morgan fingerprint density at radius 2 is 1.87 bits per heavy atom. The molecule has 0 fully saturated rings. The lowest BCUT2D eigenvalue weighted by molar-refractivity contribution is 0.0936. The molecule has 0 aliphatic carbocycles. The lowest BCUT2D eigenvalue weighted by Gasteiger charge is -2.22. The molecule has 1 aromatic carbocycles. The lowest BCUT2D eigenvalue weighted by atomic mass is 10.2. The molecule has 2 aromatic heterocycles. The molecule has 0 aliphatic rings. The van der Waals surface area contributed by atoms with Crippen molar-refractivity contribution in [1.82, 2.24) is 18.7 Å². The summed E-state index contributed by atoms with van der Waals surface area (Å²) in [6.07, 6.45) is -0.876. The summed E-state index contributed by atoms with van der Waals surface area (Å²) in [6.45, 7) is 7.46. The van der Waals surface area contributed by atoms with Crippen molar-refractivity contribution in [1.29, 1.82) is 0 Å². The Hall–Kier alpha value is -3.07. The van der Waals surface area contributed by atoms with E-state index in [1.54, 1.807) is 11.6 Å². The molecule has 9 heteroatoms. The van der Waals surface area contributed by atoms with Crippen LogP contribution >= 0.6 is 0 Å². The second-order valence-corrected chi connectivity index (χ2v) is 7.35. The van der Waals surface area contributed by atoms with Gasteiger partial charge in [-0.1, -0.05) is 12.1 Å². The van der Waals surface area contributed by atoms with Gasteiger partial charge in [-0.25, -0.2) is 4.79 Å². The lowest BCUT2D eigenvalue weighted by Crippen LogP contribution is -2.38. The minimum Gasteiger partial charge on any atom is -0.491 e. The van der Waals surface area contributed by atoms with Gasteiger partial charge in [0.2, 0.25) is 5.95 Å². The average Bonchev–Trinajstić information content (AvgIpc) is 3.09. The van der Waals surface area contributed by atoms with Crippen LogP contribution in [0.25, 0.3) is 11.2 Å². The van der Waals surface area contributed by atoms with E-state index in [0.29, 0.717) is 30.4 Å². The van der Waals surface area contributed by atoms with Gasteiger partial charge in [0.15, 0.2) is 11.2 Å². The van der Waals surface area contributed by atoms with Gasteiger partial charge in [0.05, 0.1) is 6.54 Å². The molecule has 0 bridgehead atoms. The Bertz CT molecular complexity index is 1160. The molecule has 0 saturated carbocycles. The number of aliphatic hydroxyl groups is 1. The van der Waals surface area contributed by atoms with Crippen LogP contribution in [0, 0.1) is 6.92 Å². The van der Waals surface area contributed by atoms with Crippen LogP contribution in [0.15, 0.2) is 33.9 Å². The Morgan fingerprint density at radius 1 is 1.17 bits per heavy atom. The predicted octanol–water partition coefficient (Wildman–Crippen LogP) is 1.03. The van der Waals surface area contributed by atoms with Crippen molar-refractivity contribution in [2.24, 2.45) is 14.1 Å². The number of benzene rings is 1. The summed E-state index contributed by atoms with van der Waals surface area (Å²) in [5.41, 5.74) is 0.779. The second kappa shape index (κ2) is 8.74. The molecule has 0 radical (unpaired) electrons. The number of aromatic nitrogens is 4. The molecule has 3 aromatic rings. The summed E-state index contributed by atoms with van der Waals surface area (Å²) in [6, 6.07) is 7.59. The zero-order valence-electron chi connectivity index (χ0n) is 18.1. The van der Waals surface area contributed by atoms with Gasteiger partial charge in [0.1, 0.15) is 18.5 Å². The average molecular weight is 415 g/mol. The van der Waals surface area contributed by atoms with Gasteiger partial charge in [-0.05, 0) is 38.5 Å². The Labute approximate surface area is 174 Å². The van der Waals surface area contributed by atoms with Crippen LogP contribution in [-0.4, -0.2) is 49.6 Å². The highest BCUT2D eigenvalue weighted by atomic mass is 16.5. The third kappa shape index (κ3) is 3.97. The van der Waals surface area contributed by atoms with Gasteiger partial charge in [-0.3, -0.25) is 13.9 Å². The van der Waals surface area contributed by atoms with Crippen LogP contribution in [0.5, 0.6) is 5.75 Å². The maximum Gasteiger partial charge on any atom is 0.332 e. The molecular weight excluding hydrogens is 386 g/mol. The van der Waals surface area contributed by atoms with E-state index in [9.17, 15) is 14.7 Å². The molecule has 1 atom stereocenters. The number of anilines is 1. The quantitative estimate of drug-likeness (QED) is 0.591. The molecular formula is C21H29N5O4. The van der Waals surface area contributed by atoms with E-state index in [-0.39, 0.29) is 18.7 Å². The molecule has 162 valence electrons. The fourth-order valence-electron chi connectivity index (χ4n) is 3.52. The molecule has 1 unspecified atom stereocenters. The number of aliphatic hydroxyl groups excluding tert-OH is 1. The molecule has 0 aliphatic heterocycles. The first-order chi connectivity index (χ1) is 14.3. The summed E-state index contributed by atoms with van der Waals surface area (Å²) in [5.74, 6) is 1.22. The third-order valence-electron chi connectivity index (χ3n) is 5.20. The number of nitrogens with zero attached hydrogens (tertiary/aromatic N) is 5. The standard InChI is InChI=1S/C21H29N5O4/c1-6-25(7-2)20-22-18-17(19(28)24(5)21(29)23(18)4)26(20)12-15(27)13-30-16-10-8-9-14(3)11-16/h8-11,15,27H,6-7,12-13H2,1-5H3. The summed E-state index contributed by atoms with van der Waals surface area (Å²) >= 11 is 0. The fraction of sp³-hybridized carbons (Fsp3) is 0.476. The van der Waals surface area contributed by atoms with Crippen molar-refractivity contribution in [2.75, 3.05) is 24.6 Å². The first kappa shape index (κ1) is 21.6. The van der Waals surface area contributed by atoms with Crippen molar-refractivity contribution in [3.05, 3.63) is 50.7 Å². The van der Waals surface area contributed by atoms with Crippen LogP contribution in [0.3, 0.4) is 0 Å². The van der Waals surface area contributed by atoms with E-state index < -0.39 is 17.4 Å². The Balaban J connectivity index is 2.01. The van der Waals surface area contributed by atoms with E-state index in [2.05, 4.69) is 4.98 Å². The number of fused-ring (bicyclic) bond motifs is 1. The number of ether oxygens (including phenoxy) is 1. The molecule has 3 rings (SSSR count). The second-order valence-electron chi connectivity index (χ2n) is 7.35. The van der Waals surface area contributed by atoms with Crippen LogP contribution in [0.2, 0.25) is 0 Å². The van der Waals surface area contributed by atoms with Crippen LogP contribution in [-0.2, 0) is 20.6 Å². The van der Waals surface area contributed by atoms with E-state index >= 15 is 0 Å². The van der Waals surface area contributed by atoms with E-state index in [4.69, 9.17) is 4.74 Å². The zero-order valence-corrected chi connectivity index (χ0v) is 18.1. The van der Waals surface area contributed by atoms with Crippen molar-refractivity contribution in [2.45, 2.75) is 33.4 Å². The molecule has 9 nitrogen and oxygen atoms in total. The summed E-state index contributed by atoms with van der Waals surface area (Å²) in [4.78, 5) is 31.8. The smallest absolute Gasteiger partial charge is 0.332 e. The highest BCUT2D eigenvalue weighted by Crippen LogP contribution is 2.20. The SMILES string of the molecule is CCN(CC)c1nc2c(c(=O)n(C)c(=O)n2C)n1CC(O)COc1cccc(C)c1. The normalized spacial score (nSPS) is 12.3. The monoisotopic (exact) mass is 415 g/mol. The van der Waals surface area contributed by atoms with Crippen molar-refractivity contribution >= 4 is 17.1 Å². The van der Waals surface area contributed by atoms with Gasteiger partial charge in [0, 0.05) is 27.2 Å². The molecule has 1 N–H and O–H groups in total. The highest BCUT2D eigenvalue weighted by Gasteiger charge is 2.23. The van der Waals surface area contributed by atoms with Crippen molar-refractivity contribution in [3.8, 4) is 5.75 Å². The Morgan fingerprint density at radius 3 is 2.50 bits per heavy atom. The fourth-order valence-corrected chi connectivity index (χ4v) is 3.52. The van der Waals surface area contributed by atoms with Crippen molar-refractivity contribution in [3.63, 3.8) is 0 Å². The van der Waals surface area contributed by atoms with Crippen LogP contribution < -0.4 is 20.9 Å². The third-order valence-corrected chi connectivity index (χ3v) is 5.20. The van der Waals surface area contributed by atoms with Crippen LogP contribution in [0.4, 0.5) is 5.95 Å². The van der Waals surface area contributed by atoms with E-state index in [1.165, 1.54) is 11.6 Å². The minimum absolute atomic E-state index is 0.0624. The summed E-state index contributed by atoms with van der Waals surface area (Å²) < 4.78 is 9.83. The van der Waals surface area contributed by atoms with E-state index in [1.807, 2.05) is 49.9 Å². The molecule has 0 saturated heterocycles. The molecule has 0 amide bonds. The van der Waals surface area contributed by atoms with Gasteiger partial charge in [-0.2, -0.15) is 4.98 Å². The first-order valence-electron chi connectivity index (χ1n) is 10.1. The molecule has 0 spiro atoms. The number of imidazole rings is 1. The summed E-state index contributed by atoms with van der Waals surface area (Å²) in [7, 11) is 3.03. The Kier molecular flexibility index (Phi) is 6.31. The van der Waals surface area contributed by atoms with Gasteiger partial charge in [0.25, 0.3) is 5.56 Å². The molecule has 2 heterocycles. The van der Waals surface area contributed by atoms with Gasteiger partial charge < -0.3 is 19.3 Å². The van der Waals surface area contributed by atoms with Crippen LogP contribution in [0.1, 0.15) is 19.4 Å². The van der Waals surface area contributed by atoms with Gasteiger partial charge >= 0.3 is 5.69 Å². The maximum absolute atomic E-state index is 12.9. The summed E-state index contributed by atoms with van der Waals surface area (Å²) in [5, 5.41) is 10.7. The number of hydrogen-bond donors (Lipinski definition) is 1. The first-order valence-corrected chi connectivity index (χ1v) is 10.1. The molecule has 30 heavy (non-hydrogen) atoms. The minimum atomic E-state index is -0.876.